The van der Waals surface area contributed by atoms with Crippen LogP contribution in [0, 0.1) is 5.82 Å². The fourth-order valence-electron chi connectivity index (χ4n) is 3.80. The molecule has 1 aliphatic carbocycles. The van der Waals surface area contributed by atoms with E-state index >= 15 is 0 Å². The van der Waals surface area contributed by atoms with Crippen LogP contribution in [0.3, 0.4) is 0 Å². The molecule has 1 aliphatic heterocycles. The molecule has 2 fully saturated rings. The van der Waals surface area contributed by atoms with Gasteiger partial charge in [-0.25, -0.2) is 4.39 Å². The molecule has 138 valence electrons. The number of carbonyl (C=O) groups excluding carboxylic acids is 1. The molecule has 0 radical (unpaired) electrons. The molecule has 1 aromatic carbocycles. The first kappa shape index (κ1) is 18.2. The summed E-state index contributed by atoms with van der Waals surface area (Å²) in [7, 11) is 0. The predicted octanol–water partition coefficient (Wildman–Crippen LogP) is 3.94. The average Bonchev–Trinajstić information content (AvgIpc) is 2.61. The minimum Gasteiger partial charge on any atom is -0.336 e. The van der Waals surface area contributed by atoms with E-state index in [0.717, 1.165) is 19.2 Å². The molecule has 0 atom stereocenters. The van der Waals surface area contributed by atoms with Crippen molar-refractivity contribution in [2.24, 2.45) is 0 Å². The zero-order chi connectivity index (χ0) is 18.0. The van der Waals surface area contributed by atoms with Crippen LogP contribution in [0.5, 0.6) is 0 Å². The molecular weight excluding hydrogens is 336 g/mol. The molecule has 1 aromatic rings. The monoisotopic (exact) mass is 358 g/mol. The molecule has 0 bridgehead atoms. The first-order valence-electron chi connectivity index (χ1n) is 8.76. The first-order valence-corrected chi connectivity index (χ1v) is 8.76. The third kappa shape index (κ3) is 4.14. The summed E-state index contributed by atoms with van der Waals surface area (Å²) in [5.74, 6) is -1.81. The molecule has 0 N–H and O–H groups in total. The average molecular weight is 358 g/mol. The van der Waals surface area contributed by atoms with Gasteiger partial charge < -0.3 is 4.90 Å². The number of halogens is 4. The lowest BCUT2D eigenvalue weighted by Gasteiger charge is -2.40. The Kier molecular flexibility index (Phi) is 5.32. The number of alkyl halides is 3. The molecule has 7 heteroatoms. The summed E-state index contributed by atoms with van der Waals surface area (Å²) < 4.78 is 51.5. The molecule has 1 amide bonds. The number of amides is 1. The normalized spacial score (nSPS) is 20.7. The van der Waals surface area contributed by atoms with E-state index in [4.69, 9.17) is 0 Å². The Morgan fingerprint density at radius 1 is 1.00 bits per heavy atom. The van der Waals surface area contributed by atoms with E-state index in [1.807, 2.05) is 0 Å². The van der Waals surface area contributed by atoms with Gasteiger partial charge in [-0.15, -0.1) is 0 Å². The molecule has 25 heavy (non-hydrogen) atoms. The zero-order valence-corrected chi connectivity index (χ0v) is 14.0. The molecule has 0 aromatic heterocycles. The van der Waals surface area contributed by atoms with E-state index < -0.39 is 23.5 Å². The maximum atomic E-state index is 13.7. The van der Waals surface area contributed by atoms with Crippen molar-refractivity contribution >= 4 is 5.91 Å². The number of benzene rings is 1. The highest BCUT2D eigenvalue weighted by molar-refractivity contribution is 5.94. The van der Waals surface area contributed by atoms with Crippen LogP contribution in [0.1, 0.15) is 48.0 Å². The van der Waals surface area contributed by atoms with Gasteiger partial charge in [0.15, 0.2) is 0 Å². The summed E-state index contributed by atoms with van der Waals surface area (Å²) in [6, 6.07) is 2.97. The van der Waals surface area contributed by atoms with Crippen LogP contribution >= 0.6 is 0 Å². The number of rotatable bonds is 2. The molecule has 0 unspecified atom stereocenters. The second kappa shape index (κ2) is 7.32. The molecule has 1 saturated carbocycles. The van der Waals surface area contributed by atoms with Gasteiger partial charge in [-0.05, 0) is 31.0 Å². The van der Waals surface area contributed by atoms with Crippen molar-refractivity contribution in [3.05, 3.63) is 35.1 Å². The summed E-state index contributed by atoms with van der Waals surface area (Å²) in [6.45, 7) is 2.58. The lowest BCUT2D eigenvalue weighted by molar-refractivity contribution is -0.140. The van der Waals surface area contributed by atoms with Gasteiger partial charge in [-0.1, -0.05) is 19.3 Å². The molecule has 0 spiro atoms. The van der Waals surface area contributed by atoms with Gasteiger partial charge in [0.1, 0.15) is 5.82 Å². The molecule has 2 aliphatic rings. The minimum atomic E-state index is -4.75. The molecule has 1 saturated heterocycles. The van der Waals surface area contributed by atoms with Crippen molar-refractivity contribution < 1.29 is 22.4 Å². The number of hydrogen-bond donors (Lipinski definition) is 0. The highest BCUT2D eigenvalue weighted by Crippen LogP contribution is 2.32. The van der Waals surface area contributed by atoms with Crippen molar-refractivity contribution in [2.45, 2.75) is 44.3 Å². The standard InChI is InChI=1S/C18H22F4N2O/c19-16-12-13(6-7-15(16)18(20,21)22)17(25)24-10-8-23(9-11-24)14-4-2-1-3-5-14/h6-7,12,14H,1-5,8-11H2. The van der Waals surface area contributed by atoms with Crippen LogP contribution in [0.15, 0.2) is 18.2 Å². The molecule has 3 nitrogen and oxygen atoms in total. The first-order chi connectivity index (χ1) is 11.9. The molecule has 3 rings (SSSR count). The summed E-state index contributed by atoms with van der Waals surface area (Å²) in [6.07, 6.45) is 1.41. The highest BCUT2D eigenvalue weighted by Gasteiger charge is 2.35. The summed E-state index contributed by atoms with van der Waals surface area (Å²) in [5, 5.41) is 0. The number of carbonyl (C=O) groups is 1. The van der Waals surface area contributed by atoms with Gasteiger partial charge in [0.2, 0.25) is 0 Å². The Bertz CT molecular complexity index is 618. The van der Waals surface area contributed by atoms with Gasteiger partial charge in [0, 0.05) is 37.8 Å². The van der Waals surface area contributed by atoms with Gasteiger partial charge in [0.25, 0.3) is 5.91 Å². The highest BCUT2D eigenvalue weighted by atomic mass is 19.4. The van der Waals surface area contributed by atoms with Crippen LogP contribution in [0.25, 0.3) is 0 Å². The molecule has 1 heterocycles. The Hall–Kier alpha value is -1.63. The van der Waals surface area contributed by atoms with Crippen molar-refractivity contribution in [1.29, 1.82) is 0 Å². The molecular formula is C18H22F4N2O. The van der Waals surface area contributed by atoms with Crippen molar-refractivity contribution in [2.75, 3.05) is 26.2 Å². The van der Waals surface area contributed by atoms with Crippen molar-refractivity contribution in [1.82, 2.24) is 9.80 Å². The lowest BCUT2D eigenvalue weighted by atomic mass is 9.94. The second-order valence-electron chi connectivity index (χ2n) is 6.81. The van der Waals surface area contributed by atoms with Crippen LogP contribution in [0.4, 0.5) is 17.6 Å². The van der Waals surface area contributed by atoms with E-state index in [0.29, 0.717) is 31.3 Å². The van der Waals surface area contributed by atoms with Gasteiger partial charge in [-0.3, -0.25) is 9.69 Å². The number of nitrogens with zero attached hydrogens (tertiary/aromatic N) is 2. The predicted molar refractivity (Wildman–Crippen MR) is 85.8 cm³/mol. The van der Waals surface area contributed by atoms with Crippen LogP contribution in [-0.2, 0) is 6.18 Å². The Morgan fingerprint density at radius 3 is 2.20 bits per heavy atom. The van der Waals surface area contributed by atoms with E-state index in [9.17, 15) is 22.4 Å². The number of piperazine rings is 1. The maximum absolute atomic E-state index is 13.7. The summed E-state index contributed by atoms with van der Waals surface area (Å²) in [4.78, 5) is 16.5. The second-order valence-corrected chi connectivity index (χ2v) is 6.81. The van der Waals surface area contributed by atoms with Gasteiger partial charge in [0.05, 0.1) is 5.56 Å². The minimum absolute atomic E-state index is 0.0309. The summed E-state index contributed by atoms with van der Waals surface area (Å²) >= 11 is 0. The van der Waals surface area contributed by atoms with Gasteiger partial charge >= 0.3 is 6.18 Å². The van der Waals surface area contributed by atoms with E-state index in [1.54, 1.807) is 4.90 Å². The Morgan fingerprint density at radius 2 is 1.64 bits per heavy atom. The third-order valence-corrected chi connectivity index (χ3v) is 5.21. The SMILES string of the molecule is O=C(c1ccc(C(F)(F)F)c(F)c1)N1CCN(C2CCCCC2)CC1. The van der Waals surface area contributed by atoms with Crippen molar-refractivity contribution in [3.8, 4) is 0 Å². The lowest BCUT2D eigenvalue weighted by Crippen LogP contribution is -2.52. The van der Waals surface area contributed by atoms with E-state index in [1.165, 1.54) is 32.1 Å². The van der Waals surface area contributed by atoms with E-state index in [2.05, 4.69) is 4.90 Å². The Balaban J connectivity index is 1.61. The Labute approximate surface area is 144 Å². The van der Waals surface area contributed by atoms with Gasteiger partial charge in [-0.2, -0.15) is 13.2 Å². The quantitative estimate of drug-likeness (QED) is 0.748. The third-order valence-electron chi connectivity index (χ3n) is 5.21. The summed E-state index contributed by atoms with van der Waals surface area (Å²) in [5.41, 5.74) is -1.37. The largest absolute Gasteiger partial charge is 0.419 e. The van der Waals surface area contributed by atoms with Crippen LogP contribution in [0.2, 0.25) is 0 Å². The van der Waals surface area contributed by atoms with Crippen molar-refractivity contribution in [3.63, 3.8) is 0 Å². The number of hydrogen-bond acceptors (Lipinski definition) is 2. The van der Waals surface area contributed by atoms with Crippen LogP contribution in [-0.4, -0.2) is 47.9 Å². The van der Waals surface area contributed by atoms with Crippen LogP contribution < -0.4 is 0 Å². The fourth-order valence-corrected chi connectivity index (χ4v) is 3.80. The smallest absolute Gasteiger partial charge is 0.336 e. The zero-order valence-electron chi connectivity index (χ0n) is 14.0. The fraction of sp³-hybridized carbons (Fsp3) is 0.611. The topological polar surface area (TPSA) is 23.6 Å². The van der Waals surface area contributed by atoms with E-state index in [-0.39, 0.29) is 5.56 Å². The maximum Gasteiger partial charge on any atom is 0.419 e.